The van der Waals surface area contributed by atoms with Crippen LogP contribution >= 0.6 is 0 Å². The van der Waals surface area contributed by atoms with E-state index in [1.165, 1.54) is 0 Å². The Kier molecular flexibility index (Phi) is 3.36. The molecule has 1 aromatic carbocycles. The molecule has 0 saturated carbocycles. The van der Waals surface area contributed by atoms with Crippen molar-refractivity contribution >= 4 is 0 Å². The average Bonchev–Trinajstić information content (AvgIpc) is 2.16. The van der Waals surface area contributed by atoms with Crippen LogP contribution in [-0.2, 0) is 0 Å². The molecular weight excluding hydrogens is 178 g/mol. The molecule has 0 radical (unpaired) electrons. The molecule has 0 unspecified atom stereocenters. The Balaban J connectivity index is 3.25. The van der Waals surface area contributed by atoms with E-state index in [-0.39, 0.29) is 6.04 Å². The molecule has 0 aliphatic rings. The van der Waals surface area contributed by atoms with Gasteiger partial charge in [-0.25, -0.2) is 0 Å². The topological polar surface area (TPSA) is 44.5 Å². The Morgan fingerprint density at radius 3 is 2.14 bits per heavy atom. The third-order valence-corrected chi connectivity index (χ3v) is 2.24. The Morgan fingerprint density at radius 1 is 1.14 bits per heavy atom. The molecular formula is C11H17NO2. The second kappa shape index (κ2) is 4.33. The second-order valence-electron chi connectivity index (χ2n) is 3.35. The second-order valence-corrected chi connectivity index (χ2v) is 3.35. The smallest absolute Gasteiger partial charge is 0.124 e. The molecule has 0 heterocycles. The lowest BCUT2D eigenvalue weighted by Gasteiger charge is -2.15. The average molecular weight is 195 g/mol. The summed E-state index contributed by atoms with van der Waals surface area (Å²) in [5, 5.41) is 0. The molecule has 0 amide bonds. The van der Waals surface area contributed by atoms with Crippen molar-refractivity contribution in [1.29, 1.82) is 0 Å². The number of hydrogen-bond acceptors (Lipinski definition) is 3. The van der Waals surface area contributed by atoms with E-state index in [0.717, 1.165) is 22.6 Å². The summed E-state index contributed by atoms with van der Waals surface area (Å²) in [5.74, 6) is 1.66. The van der Waals surface area contributed by atoms with Gasteiger partial charge in [-0.1, -0.05) is 0 Å². The van der Waals surface area contributed by atoms with Gasteiger partial charge in [0.2, 0.25) is 0 Å². The highest BCUT2D eigenvalue weighted by Crippen LogP contribution is 2.31. The largest absolute Gasteiger partial charge is 0.496 e. The van der Waals surface area contributed by atoms with Gasteiger partial charge >= 0.3 is 0 Å². The summed E-state index contributed by atoms with van der Waals surface area (Å²) in [6.07, 6.45) is 0. The number of rotatable bonds is 3. The summed E-state index contributed by atoms with van der Waals surface area (Å²) in [7, 11) is 3.30. The first kappa shape index (κ1) is 10.9. The molecule has 3 heteroatoms. The van der Waals surface area contributed by atoms with Gasteiger partial charge in [0.05, 0.1) is 14.2 Å². The molecule has 1 aromatic rings. The molecule has 0 aliphatic heterocycles. The molecule has 1 atom stereocenters. The van der Waals surface area contributed by atoms with Gasteiger partial charge in [0, 0.05) is 11.6 Å². The van der Waals surface area contributed by atoms with Crippen molar-refractivity contribution in [3.8, 4) is 11.5 Å². The zero-order chi connectivity index (χ0) is 10.7. The zero-order valence-corrected chi connectivity index (χ0v) is 9.13. The number of ether oxygens (including phenoxy) is 2. The van der Waals surface area contributed by atoms with E-state index in [9.17, 15) is 0 Å². The maximum Gasteiger partial charge on any atom is 0.124 e. The van der Waals surface area contributed by atoms with Gasteiger partial charge < -0.3 is 15.2 Å². The number of benzene rings is 1. The fourth-order valence-corrected chi connectivity index (χ4v) is 1.43. The Morgan fingerprint density at radius 2 is 1.71 bits per heavy atom. The predicted molar refractivity (Wildman–Crippen MR) is 56.9 cm³/mol. The van der Waals surface area contributed by atoms with Gasteiger partial charge in [0.1, 0.15) is 11.5 Å². The van der Waals surface area contributed by atoms with Crippen LogP contribution in [0.15, 0.2) is 12.1 Å². The number of hydrogen-bond donors (Lipinski definition) is 1. The van der Waals surface area contributed by atoms with E-state index in [2.05, 4.69) is 0 Å². The van der Waals surface area contributed by atoms with Crippen LogP contribution in [-0.4, -0.2) is 14.2 Å². The van der Waals surface area contributed by atoms with Gasteiger partial charge in [-0.05, 0) is 31.5 Å². The lowest BCUT2D eigenvalue weighted by Crippen LogP contribution is -2.07. The minimum atomic E-state index is -0.0561. The van der Waals surface area contributed by atoms with Crippen LogP contribution in [0.3, 0.4) is 0 Å². The minimum absolute atomic E-state index is 0.0561. The fourth-order valence-electron chi connectivity index (χ4n) is 1.43. The first-order chi connectivity index (χ1) is 6.60. The molecule has 0 aliphatic carbocycles. The van der Waals surface area contributed by atoms with Crippen LogP contribution in [0.4, 0.5) is 0 Å². The number of aryl methyl sites for hydroxylation is 1. The maximum absolute atomic E-state index is 5.83. The Bertz CT molecular complexity index is 321. The van der Waals surface area contributed by atoms with E-state index < -0.39 is 0 Å². The molecule has 0 fully saturated rings. The van der Waals surface area contributed by atoms with Crippen molar-refractivity contribution in [3.05, 3.63) is 23.3 Å². The third-order valence-electron chi connectivity index (χ3n) is 2.24. The Hall–Kier alpha value is -1.22. The van der Waals surface area contributed by atoms with E-state index in [4.69, 9.17) is 15.2 Å². The SMILES string of the molecule is COc1cc([C@@H](C)N)c(OC)cc1C. The van der Waals surface area contributed by atoms with Crippen molar-refractivity contribution in [2.24, 2.45) is 5.73 Å². The molecule has 78 valence electrons. The first-order valence-electron chi connectivity index (χ1n) is 4.58. The van der Waals surface area contributed by atoms with E-state index >= 15 is 0 Å². The third kappa shape index (κ3) is 1.99. The molecule has 2 N–H and O–H groups in total. The molecule has 0 spiro atoms. The minimum Gasteiger partial charge on any atom is -0.496 e. The van der Waals surface area contributed by atoms with Gasteiger partial charge in [-0.2, -0.15) is 0 Å². The molecule has 0 aromatic heterocycles. The highest BCUT2D eigenvalue weighted by molar-refractivity contribution is 5.47. The fraction of sp³-hybridized carbons (Fsp3) is 0.455. The summed E-state index contributed by atoms with van der Waals surface area (Å²) in [6.45, 7) is 3.90. The molecule has 0 saturated heterocycles. The molecule has 0 bridgehead atoms. The normalized spacial score (nSPS) is 12.4. The molecule has 14 heavy (non-hydrogen) atoms. The highest BCUT2D eigenvalue weighted by Gasteiger charge is 2.11. The summed E-state index contributed by atoms with van der Waals surface area (Å²) < 4.78 is 10.5. The van der Waals surface area contributed by atoms with Crippen molar-refractivity contribution < 1.29 is 9.47 Å². The van der Waals surface area contributed by atoms with Crippen molar-refractivity contribution in [1.82, 2.24) is 0 Å². The lowest BCUT2D eigenvalue weighted by atomic mass is 10.0. The molecule has 1 rings (SSSR count). The van der Waals surface area contributed by atoms with Crippen LogP contribution in [0.1, 0.15) is 24.1 Å². The standard InChI is InChI=1S/C11H17NO2/c1-7-5-11(14-4)9(8(2)12)6-10(7)13-3/h5-6,8H,12H2,1-4H3/t8-/m1/s1. The van der Waals surface area contributed by atoms with Gasteiger partial charge in [0.15, 0.2) is 0 Å². The van der Waals surface area contributed by atoms with E-state index in [1.54, 1.807) is 14.2 Å². The monoisotopic (exact) mass is 195 g/mol. The van der Waals surface area contributed by atoms with Crippen molar-refractivity contribution in [2.45, 2.75) is 19.9 Å². The van der Waals surface area contributed by atoms with Gasteiger partial charge in [-0.15, -0.1) is 0 Å². The zero-order valence-electron chi connectivity index (χ0n) is 9.13. The van der Waals surface area contributed by atoms with E-state index in [1.807, 2.05) is 26.0 Å². The first-order valence-corrected chi connectivity index (χ1v) is 4.58. The molecule has 3 nitrogen and oxygen atoms in total. The highest BCUT2D eigenvalue weighted by atomic mass is 16.5. The van der Waals surface area contributed by atoms with Gasteiger partial charge in [-0.3, -0.25) is 0 Å². The summed E-state index contributed by atoms with van der Waals surface area (Å²) >= 11 is 0. The van der Waals surface area contributed by atoms with Crippen LogP contribution < -0.4 is 15.2 Å². The quantitative estimate of drug-likeness (QED) is 0.802. The summed E-state index contributed by atoms with van der Waals surface area (Å²) in [4.78, 5) is 0. The summed E-state index contributed by atoms with van der Waals surface area (Å²) in [5.41, 5.74) is 7.85. The maximum atomic E-state index is 5.83. The Labute approximate surface area is 84.8 Å². The van der Waals surface area contributed by atoms with Crippen LogP contribution in [0.25, 0.3) is 0 Å². The number of methoxy groups -OCH3 is 2. The number of nitrogens with two attached hydrogens (primary N) is 1. The van der Waals surface area contributed by atoms with Crippen LogP contribution in [0.5, 0.6) is 11.5 Å². The lowest BCUT2D eigenvalue weighted by molar-refractivity contribution is 0.394. The van der Waals surface area contributed by atoms with Crippen molar-refractivity contribution in [2.75, 3.05) is 14.2 Å². The van der Waals surface area contributed by atoms with Gasteiger partial charge in [0.25, 0.3) is 0 Å². The summed E-state index contributed by atoms with van der Waals surface area (Å²) in [6, 6.07) is 3.82. The van der Waals surface area contributed by atoms with E-state index in [0.29, 0.717) is 0 Å². The van der Waals surface area contributed by atoms with Crippen molar-refractivity contribution in [3.63, 3.8) is 0 Å². The van der Waals surface area contributed by atoms with Crippen LogP contribution in [0.2, 0.25) is 0 Å². The predicted octanol–water partition coefficient (Wildman–Crippen LogP) is 2.03. The van der Waals surface area contributed by atoms with Crippen LogP contribution in [0, 0.1) is 6.92 Å².